The Bertz CT molecular complexity index is 1670. The van der Waals surface area contributed by atoms with E-state index in [1.54, 1.807) is 12.1 Å². The molecule has 0 saturated carbocycles. The molecule has 0 bridgehead atoms. The first-order valence-electron chi connectivity index (χ1n) is 13.7. The Labute approximate surface area is 248 Å². The van der Waals surface area contributed by atoms with Gasteiger partial charge >= 0.3 is 18.3 Å². The molecule has 232 valence electrons. The summed E-state index contributed by atoms with van der Waals surface area (Å²) in [6, 6.07) is 14.7. The van der Waals surface area contributed by atoms with Crippen LogP contribution in [-0.2, 0) is 23.6 Å². The van der Waals surface area contributed by atoms with Gasteiger partial charge in [-0.05, 0) is 73.0 Å². The van der Waals surface area contributed by atoms with Crippen LogP contribution in [0.2, 0.25) is 0 Å². The summed E-state index contributed by atoms with van der Waals surface area (Å²) in [7, 11) is 0. The molecular weight excluding hydrogens is 590 g/mol. The van der Waals surface area contributed by atoms with Crippen molar-refractivity contribution in [3.8, 4) is 5.69 Å². The van der Waals surface area contributed by atoms with Gasteiger partial charge in [0.2, 0.25) is 0 Å². The number of alkyl halides is 6. The number of benzene rings is 3. The Morgan fingerprint density at radius 1 is 0.864 bits per heavy atom. The van der Waals surface area contributed by atoms with Gasteiger partial charge in [-0.15, -0.1) is 0 Å². The van der Waals surface area contributed by atoms with Gasteiger partial charge in [0.1, 0.15) is 0 Å². The van der Waals surface area contributed by atoms with Crippen molar-refractivity contribution >= 4 is 28.6 Å². The van der Waals surface area contributed by atoms with Crippen LogP contribution >= 0.6 is 0 Å². The van der Waals surface area contributed by atoms with Crippen LogP contribution in [0.3, 0.4) is 0 Å². The lowest BCUT2D eigenvalue weighted by Crippen LogP contribution is -2.26. The third-order valence-electron chi connectivity index (χ3n) is 7.14. The fraction of sp³-hybridized carbons (Fsp3) is 0.281. The quantitative estimate of drug-likeness (QED) is 0.133. The summed E-state index contributed by atoms with van der Waals surface area (Å²) in [6.45, 7) is 1.80. The lowest BCUT2D eigenvalue weighted by Gasteiger charge is -2.18. The number of nitrogens with one attached hydrogen (secondary N) is 1. The maximum atomic E-state index is 14.0. The van der Waals surface area contributed by atoms with E-state index in [9.17, 15) is 40.7 Å². The smallest absolute Gasteiger partial charge is 0.416 e. The van der Waals surface area contributed by atoms with Gasteiger partial charge in [0.25, 0.3) is 5.91 Å². The number of hydrogen-bond donors (Lipinski definition) is 2. The number of amides is 1. The highest BCUT2D eigenvalue weighted by atomic mass is 19.4. The number of carbonyl (C=O) groups excluding carboxylic acids is 2. The molecule has 1 atom stereocenters. The van der Waals surface area contributed by atoms with E-state index in [1.807, 2.05) is 6.92 Å². The van der Waals surface area contributed by atoms with E-state index in [0.29, 0.717) is 18.4 Å². The largest absolute Gasteiger partial charge is 0.481 e. The van der Waals surface area contributed by atoms with Gasteiger partial charge < -0.3 is 15.0 Å². The first-order chi connectivity index (χ1) is 20.7. The zero-order valence-electron chi connectivity index (χ0n) is 23.4. The first kappa shape index (κ1) is 32.3. The Balaban J connectivity index is 1.72. The maximum Gasteiger partial charge on any atom is 0.416 e. The Morgan fingerprint density at radius 3 is 2.14 bits per heavy atom. The normalized spacial score (nSPS) is 12.7. The van der Waals surface area contributed by atoms with Crippen LogP contribution in [0.15, 0.2) is 72.8 Å². The van der Waals surface area contributed by atoms with Crippen molar-refractivity contribution in [3.05, 3.63) is 101 Å². The number of carbonyl (C=O) groups is 3. The van der Waals surface area contributed by atoms with Crippen LogP contribution < -0.4 is 5.32 Å². The van der Waals surface area contributed by atoms with Crippen LogP contribution in [0.4, 0.5) is 26.3 Å². The van der Waals surface area contributed by atoms with Gasteiger partial charge in [-0.25, -0.2) is 0 Å². The number of rotatable bonds is 11. The second-order valence-corrected chi connectivity index (χ2v) is 10.3. The summed E-state index contributed by atoms with van der Waals surface area (Å²) in [6.07, 6.45) is -8.43. The molecule has 0 aliphatic carbocycles. The number of nitrogens with zero attached hydrogens (tertiary/aromatic N) is 1. The molecule has 1 aromatic heterocycles. The molecule has 0 fully saturated rings. The van der Waals surface area contributed by atoms with Crippen molar-refractivity contribution in [2.45, 2.75) is 45.0 Å². The third kappa shape index (κ3) is 7.47. The van der Waals surface area contributed by atoms with E-state index >= 15 is 0 Å². The zero-order chi connectivity index (χ0) is 32.2. The third-order valence-corrected chi connectivity index (χ3v) is 7.14. The highest BCUT2D eigenvalue weighted by molar-refractivity contribution is 6.02. The Kier molecular flexibility index (Phi) is 9.50. The predicted octanol–water partition coefficient (Wildman–Crippen LogP) is 7.71. The van der Waals surface area contributed by atoms with Gasteiger partial charge in [0, 0.05) is 29.1 Å². The topological polar surface area (TPSA) is 88.4 Å². The van der Waals surface area contributed by atoms with Gasteiger partial charge in [-0.2, -0.15) is 26.3 Å². The lowest BCUT2D eigenvalue weighted by molar-refractivity contribution is -0.138. The second-order valence-electron chi connectivity index (χ2n) is 10.3. The van der Waals surface area contributed by atoms with Crippen molar-refractivity contribution in [1.82, 2.24) is 9.88 Å². The van der Waals surface area contributed by atoms with Gasteiger partial charge in [0.15, 0.2) is 5.78 Å². The molecule has 2 N–H and O–H groups in total. The molecule has 1 heterocycles. The fourth-order valence-electron chi connectivity index (χ4n) is 5.02. The summed E-state index contributed by atoms with van der Waals surface area (Å²) in [5.41, 5.74) is -0.892. The molecule has 4 aromatic rings. The summed E-state index contributed by atoms with van der Waals surface area (Å²) in [5, 5.41) is 11.3. The minimum Gasteiger partial charge on any atom is -0.481 e. The second kappa shape index (κ2) is 12.9. The number of fused-ring (bicyclic) bond motifs is 1. The molecule has 1 unspecified atom stereocenters. The minimum atomic E-state index is -4.68. The van der Waals surface area contributed by atoms with E-state index < -0.39 is 47.1 Å². The number of aromatic nitrogens is 1. The molecule has 3 aromatic carbocycles. The van der Waals surface area contributed by atoms with E-state index in [4.69, 9.17) is 5.11 Å². The first-order valence-corrected chi connectivity index (χ1v) is 13.7. The standard InChI is InChI=1S/C32H28F6N2O4/c1-2-4-21(15-19-7-9-20(10-8-19)30(44)39-14-13-28(41)42)29(43)27-17-22-16-24(32(36,37)38)11-12-26(22)40(27)25-6-3-5-23(18-25)31(33,34)35/h3,5-12,16-18,21H,2,4,13-15H2,1H3,(H,39,44)(H,41,42). The number of halogens is 6. The molecule has 6 nitrogen and oxygen atoms in total. The van der Waals surface area contributed by atoms with Gasteiger partial charge in [-0.3, -0.25) is 14.4 Å². The van der Waals surface area contributed by atoms with Crippen LogP contribution in [0.1, 0.15) is 63.7 Å². The monoisotopic (exact) mass is 618 g/mol. The molecule has 0 spiro atoms. The molecule has 44 heavy (non-hydrogen) atoms. The Hall–Kier alpha value is -4.61. The lowest BCUT2D eigenvalue weighted by atomic mass is 9.89. The van der Waals surface area contributed by atoms with Gasteiger partial charge in [0.05, 0.1) is 28.8 Å². The average molecular weight is 619 g/mol. The van der Waals surface area contributed by atoms with Crippen molar-refractivity contribution in [2.24, 2.45) is 5.92 Å². The van der Waals surface area contributed by atoms with Crippen LogP contribution in [0.5, 0.6) is 0 Å². The highest BCUT2D eigenvalue weighted by Gasteiger charge is 2.33. The van der Waals surface area contributed by atoms with Crippen LogP contribution in [-0.4, -0.2) is 33.9 Å². The molecule has 12 heteroatoms. The predicted molar refractivity (Wildman–Crippen MR) is 151 cm³/mol. The molecule has 0 aliphatic rings. The number of aliphatic carboxylic acids is 1. The van der Waals surface area contributed by atoms with E-state index in [-0.39, 0.29) is 47.2 Å². The molecule has 1 amide bonds. The highest BCUT2D eigenvalue weighted by Crippen LogP contribution is 2.36. The van der Waals surface area contributed by atoms with Crippen molar-refractivity contribution in [3.63, 3.8) is 0 Å². The van der Waals surface area contributed by atoms with E-state index in [1.165, 1.54) is 34.9 Å². The Morgan fingerprint density at radius 2 is 1.52 bits per heavy atom. The van der Waals surface area contributed by atoms with Crippen molar-refractivity contribution < 1.29 is 45.8 Å². The van der Waals surface area contributed by atoms with Crippen LogP contribution in [0.25, 0.3) is 16.6 Å². The summed E-state index contributed by atoms with van der Waals surface area (Å²) >= 11 is 0. The maximum absolute atomic E-state index is 14.0. The fourth-order valence-corrected chi connectivity index (χ4v) is 5.02. The van der Waals surface area contributed by atoms with Crippen molar-refractivity contribution in [1.29, 1.82) is 0 Å². The summed E-state index contributed by atoms with van der Waals surface area (Å²) < 4.78 is 82.4. The van der Waals surface area contributed by atoms with E-state index in [2.05, 4.69) is 5.32 Å². The number of carboxylic acids is 1. The number of hydrogen-bond acceptors (Lipinski definition) is 3. The van der Waals surface area contributed by atoms with Gasteiger partial charge in [-0.1, -0.05) is 31.5 Å². The number of ketones is 1. The molecular formula is C32H28F6N2O4. The minimum absolute atomic E-state index is 0.0218. The summed E-state index contributed by atoms with van der Waals surface area (Å²) in [4.78, 5) is 37.0. The molecule has 0 radical (unpaired) electrons. The van der Waals surface area contributed by atoms with Crippen LogP contribution in [0, 0.1) is 5.92 Å². The summed E-state index contributed by atoms with van der Waals surface area (Å²) in [5.74, 6) is -2.65. The number of Topliss-reactive ketones (excluding diaryl/α,β-unsaturated/α-hetero) is 1. The van der Waals surface area contributed by atoms with E-state index in [0.717, 1.165) is 30.3 Å². The number of carboxylic acid groups (broad SMARTS) is 1. The average Bonchev–Trinajstić information content (AvgIpc) is 3.35. The molecule has 4 rings (SSSR count). The SMILES string of the molecule is CCCC(Cc1ccc(C(=O)NCCC(=O)O)cc1)C(=O)c1cc2cc(C(F)(F)F)ccc2n1-c1cccc(C(F)(F)F)c1. The zero-order valence-corrected chi connectivity index (χ0v) is 23.4. The molecule has 0 saturated heterocycles. The van der Waals surface area contributed by atoms with Crippen molar-refractivity contribution in [2.75, 3.05) is 6.54 Å². The molecule has 0 aliphatic heterocycles.